The Labute approximate surface area is 101 Å². The maximum atomic E-state index is 14.2. The molecule has 0 amide bonds. The predicted octanol–water partition coefficient (Wildman–Crippen LogP) is 1.96. The van der Waals surface area contributed by atoms with Gasteiger partial charge in [0.25, 0.3) is 0 Å². The highest BCUT2D eigenvalue weighted by Crippen LogP contribution is 2.38. The van der Waals surface area contributed by atoms with Gasteiger partial charge in [0.1, 0.15) is 10.7 Å². The van der Waals surface area contributed by atoms with Crippen molar-refractivity contribution in [3.63, 3.8) is 0 Å². The van der Waals surface area contributed by atoms with Gasteiger partial charge in [-0.1, -0.05) is 25.0 Å². The number of hydrogen-bond acceptors (Lipinski definition) is 3. The Hall–Kier alpha value is -0.940. The van der Waals surface area contributed by atoms with E-state index in [0.29, 0.717) is 18.4 Å². The number of halogens is 1. The van der Waals surface area contributed by atoms with Crippen LogP contribution in [0.15, 0.2) is 23.1 Å². The van der Waals surface area contributed by atoms with Crippen molar-refractivity contribution in [1.29, 1.82) is 0 Å². The maximum Gasteiger partial charge on any atom is 0.178 e. The summed E-state index contributed by atoms with van der Waals surface area (Å²) in [5, 5.41) is 0. The fourth-order valence-electron chi connectivity index (χ4n) is 2.46. The summed E-state index contributed by atoms with van der Waals surface area (Å²) in [6.45, 7) is 0. The SMILES string of the molecule is CS(=O)(=O)c1cccc(C2(N)CCCC2)c1F. The normalized spacial score (nSPS) is 19.5. The molecule has 0 radical (unpaired) electrons. The molecule has 0 saturated heterocycles. The molecule has 5 heteroatoms. The van der Waals surface area contributed by atoms with Crippen LogP contribution in [0.5, 0.6) is 0 Å². The standard InChI is InChI=1S/C12H16FNO2S/c1-17(15,16)10-6-4-5-9(11(10)13)12(14)7-2-3-8-12/h4-6H,2-3,7-8,14H2,1H3. The lowest BCUT2D eigenvalue weighted by Gasteiger charge is -2.25. The zero-order valence-corrected chi connectivity index (χ0v) is 10.6. The van der Waals surface area contributed by atoms with E-state index in [1.807, 2.05) is 0 Å². The highest BCUT2D eigenvalue weighted by Gasteiger charge is 2.35. The number of hydrogen-bond donors (Lipinski definition) is 1. The molecule has 1 saturated carbocycles. The van der Waals surface area contributed by atoms with E-state index < -0.39 is 21.2 Å². The molecule has 0 heterocycles. The van der Waals surface area contributed by atoms with Gasteiger partial charge in [-0.05, 0) is 18.9 Å². The summed E-state index contributed by atoms with van der Waals surface area (Å²) >= 11 is 0. The van der Waals surface area contributed by atoms with Crippen molar-refractivity contribution < 1.29 is 12.8 Å². The molecule has 0 bridgehead atoms. The Morgan fingerprint density at radius 1 is 1.29 bits per heavy atom. The second-order valence-corrected chi connectivity index (χ2v) is 6.74. The van der Waals surface area contributed by atoms with Gasteiger partial charge in [-0.15, -0.1) is 0 Å². The average molecular weight is 257 g/mol. The summed E-state index contributed by atoms with van der Waals surface area (Å²) < 4.78 is 37.1. The lowest BCUT2D eigenvalue weighted by Crippen LogP contribution is -2.34. The average Bonchev–Trinajstić information content (AvgIpc) is 2.64. The Balaban J connectivity index is 2.57. The van der Waals surface area contributed by atoms with E-state index in [1.54, 1.807) is 12.1 Å². The molecule has 1 aromatic rings. The molecule has 0 aromatic heterocycles. The number of benzene rings is 1. The fraction of sp³-hybridized carbons (Fsp3) is 0.500. The molecule has 94 valence electrons. The van der Waals surface area contributed by atoms with Gasteiger partial charge < -0.3 is 5.73 Å². The highest BCUT2D eigenvalue weighted by molar-refractivity contribution is 7.90. The molecule has 3 nitrogen and oxygen atoms in total. The van der Waals surface area contributed by atoms with Crippen molar-refractivity contribution in [2.45, 2.75) is 36.1 Å². The molecule has 0 spiro atoms. The Kier molecular flexibility index (Phi) is 2.99. The molecular weight excluding hydrogens is 241 g/mol. The quantitative estimate of drug-likeness (QED) is 0.881. The van der Waals surface area contributed by atoms with E-state index in [4.69, 9.17) is 5.73 Å². The molecule has 2 rings (SSSR count). The van der Waals surface area contributed by atoms with Gasteiger partial charge in [0, 0.05) is 17.4 Å². The molecule has 17 heavy (non-hydrogen) atoms. The third-order valence-electron chi connectivity index (χ3n) is 3.39. The molecule has 2 N–H and O–H groups in total. The van der Waals surface area contributed by atoms with Gasteiger partial charge in [-0.3, -0.25) is 0 Å². The molecule has 0 atom stereocenters. The molecule has 0 aliphatic heterocycles. The predicted molar refractivity (Wildman–Crippen MR) is 63.8 cm³/mol. The third-order valence-corrected chi connectivity index (χ3v) is 4.51. The van der Waals surface area contributed by atoms with Gasteiger partial charge in [0.15, 0.2) is 9.84 Å². The van der Waals surface area contributed by atoms with E-state index in [0.717, 1.165) is 19.1 Å². The van der Waals surface area contributed by atoms with Crippen molar-refractivity contribution in [3.8, 4) is 0 Å². The van der Waals surface area contributed by atoms with E-state index >= 15 is 0 Å². The van der Waals surface area contributed by atoms with Gasteiger partial charge in [-0.2, -0.15) is 0 Å². The van der Waals surface area contributed by atoms with Crippen molar-refractivity contribution in [2.24, 2.45) is 5.73 Å². The van der Waals surface area contributed by atoms with E-state index in [9.17, 15) is 12.8 Å². The van der Waals surface area contributed by atoms with Crippen LogP contribution in [0.25, 0.3) is 0 Å². The largest absolute Gasteiger partial charge is 0.321 e. The minimum atomic E-state index is -3.54. The van der Waals surface area contributed by atoms with Crippen molar-refractivity contribution in [2.75, 3.05) is 6.26 Å². The first kappa shape index (κ1) is 12.5. The molecule has 1 fully saturated rings. The molecule has 0 unspecified atom stereocenters. The topological polar surface area (TPSA) is 60.2 Å². The number of rotatable bonds is 2. The van der Waals surface area contributed by atoms with Crippen LogP contribution in [0.1, 0.15) is 31.2 Å². The van der Waals surface area contributed by atoms with Crippen molar-refractivity contribution >= 4 is 9.84 Å². The van der Waals surface area contributed by atoms with E-state index in [1.165, 1.54) is 6.07 Å². The summed E-state index contributed by atoms with van der Waals surface area (Å²) in [6, 6.07) is 4.43. The summed E-state index contributed by atoms with van der Waals surface area (Å²) in [7, 11) is -3.54. The van der Waals surface area contributed by atoms with Crippen molar-refractivity contribution in [3.05, 3.63) is 29.6 Å². The summed E-state index contributed by atoms with van der Waals surface area (Å²) in [5.74, 6) is -0.681. The van der Waals surface area contributed by atoms with Gasteiger partial charge in [0.2, 0.25) is 0 Å². The first-order chi connectivity index (χ1) is 7.84. The van der Waals surface area contributed by atoms with Gasteiger partial charge in [-0.25, -0.2) is 12.8 Å². The number of nitrogens with two attached hydrogens (primary N) is 1. The van der Waals surface area contributed by atoms with Crippen LogP contribution in [0.4, 0.5) is 4.39 Å². The second-order valence-electron chi connectivity index (χ2n) is 4.75. The highest BCUT2D eigenvalue weighted by atomic mass is 32.2. The Bertz CT molecular complexity index is 533. The number of sulfone groups is 1. The third kappa shape index (κ3) is 2.21. The van der Waals surface area contributed by atoms with Crippen LogP contribution in [-0.4, -0.2) is 14.7 Å². The van der Waals surface area contributed by atoms with Gasteiger partial charge in [0.05, 0.1) is 0 Å². The van der Waals surface area contributed by atoms with Crippen LogP contribution in [0.2, 0.25) is 0 Å². The van der Waals surface area contributed by atoms with Gasteiger partial charge >= 0.3 is 0 Å². The van der Waals surface area contributed by atoms with E-state index in [-0.39, 0.29) is 4.90 Å². The monoisotopic (exact) mass is 257 g/mol. The summed E-state index contributed by atoms with van der Waals surface area (Å²) in [6.07, 6.45) is 4.33. The molecular formula is C12H16FNO2S. The summed E-state index contributed by atoms with van der Waals surface area (Å²) in [4.78, 5) is -0.258. The Morgan fingerprint density at radius 3 is 2.41 bits per heavy atom. The fourth-order valence-corrected chi connectivity index (χ4v) is 3.22. The van der Waals surface area contributed by atoms with Crippen LogP contribution in [-0.2, 0) is 15.4 Å². The van der Waals surface area contributed by atoms with Crippen LogP contribution in [0, 0.1) is 5.82 Å². The van der Waals surface area contributed by atoms with Crippen LogP contribution < -0.4 is 5.73 Å². The van der Waals surface area contributed by atoms with Crippen molar-refractivity contribution in [1.82, 2.24) is 0 Å². The second kappa shape index (κ2) is 4.07. The first-order valence-electron chi connectivity index (χ1n) is 5.62. The van der Waals surface area contributed by atoms with Crippen LogP contribution >= 0.6 is 0 Å². The van der Waals surface area contributed by atoms with E-state index in [2.05, 4.69) is 0 Å². The van der Waals surface area contributed by atoms with Crippen LogP contribution in [0.3, 0.4) is 0 Å². The smallest absolute Gasteiger partial charge is 0.178 e. The zero-order chi connectivity index (χ0) is 12.7. The first-order valence-corrected chi connectivity index (χ1v) is 7.52. The minimum Gasteiger partial charge on any atom is -0.321 e. The maximum absolute atomic E-state index is 14.2. The molecule has 1 aromatic carbocycles. The zero-order valence-electron chi connectivity index (χ0n) is 9.74. The minimum absolute atomic E-state index is 0.258. The molecule has 1 aliphatic carbocycles. The molecule has 1 aliphatic rings. The lowest BCUT2D eigenvalue weighted by molar-refractivity contribution is 0.426. The Morgan fingerprint density at radius 2 is 1.88 bits per heavy atom. The lowest BCUT2D eigenvalue weighted by atomic mass is 9.89. The summed E-state index contributed by atoms with van der Waals surface area (Å²) in [5.41, 5.74) is 5.79.